The molecule has 0 saturated carbocycles. The molecule has 7 nitrogen and oxygen atoms in total. The predicted molar refractivity (Wildman–Crippen MR) is 104 cm³/mol. The first kappa shape index (κ1) is 22.2. The molecule has 0 aromatic carbocycles. The molecule has 156 valence electrons. The van der Waals surface area contributed by atoms with Gasteiger partial charge in [-0.1, -0.05) is 20.4 Å². The zero-order chi connectivity index (χ0) is 21.6. The van der Waals surface area contributed by atoms with Gasteiger partial charge in [-0.3, -0.25) is 0 Å². The molecule has 1 amide bonds. The van der Waals surface area contributed by atoms with Gasteiger partial charge in [-0.15, -0.1) is 0 Å². The Morgan fingerprint density at radius 1 is 1.28 bits per heavy atom. The summed E-state index contributed by atoms with van der Waals surface area (Å²) < 4.78 is 38.0. The van der Waals surface area contributed by atoms with Gasteiger partial charge in [0.05, 0.1) is 11.4 Å². The van der Waals surface area contributed by atoms with E-state index in [0.717, 1.165) is 0 Å². The van der Waals surface area contributed by atoms with Crippen LogP contribution in [0.25, 0.3) is 17.5 Å². The smallest absolute Gasteiger partial charge is 0.405 e. The van der Waals surface area contributed by atoms with Gasteiger partial charge in [0.25, 0.3) is 6.43 Å². The zero-order valence-electron chi connectivity index (χ0n) is 16.6. The average molecular weight is 406 g/mol. The van der Waals surface area contributed by atoms with Crippen LogP contribution in [0.15, 0.2) is 31.0 Å². The summed E-state index contributed by atoms with van der Waals surface area (Å²) in [5, 5.41) is 0. The average Bonchev–Trinajstić information content (AvgIpc) is 2.65. The number of carbonyl (C=O) groups excluding carboxylic acids is 1. The van der Waals surface area contributed by atoms with E-state index in [4.69, 9.17) is 15.2 Å². The lowest BCUT2D eigenvalue weighted by Gasteiger charge is -2.30. The third-order valence-electron chi connectivity index (χ3n) is 3.93. The van der Waals surface area contributed by atoms with Gasteiger partial charge in [-0.05, 0) is 43.5 Å². The summed E-state index contributed by atoms with van der Waals surface area (Å²) >= 11 is 0. The molecule has 2 heterocycles. The Morgan fingerprint density at radius 3 is 2.55 bits per heavy atom. The van der Waals surface area contributed by atoms with Crippen molar-refractivity contribution in [2.75, 3.05) is 6.61 Å². The highest BCUT2D eigenvalue weighted by Gasteiger charge is 2.31. The number of nitrogens with zero attached hydrogens (tertiary/aromatic N) is 3. The van der Waals surface area contributed by atoms with E-state index in [1.54, 1.807) is 13.0 Å². The van der Waals surface area contributed by atoms with Crippen molar-refractivity contribution in [1.82, 2.24) is 15.0 Å². The summed E-state index contributed by atoms with van der Waals surface area (Å²) in [6, 6.07) is 4.47. The monoisotopic (exact) mass is 406 g/mol. The Balaban J connectivity index is 2.30. The second-order valence-electron chi connectivity index (χ2n) is 7.14. The van der Waals surface area contributed by atoms with Gasteiger partial charge in [0, 0.05) is 6.20 Å². The van der Waals surface area contributed by atoms with Crippen molar-refractivity contribution in [3.63, 3.8) is 0 Å². The highest BCUT2D eigenvalue weighted by molar-refractivity contribution is 5.65. The number of hydrogen-bond acceptors (Lipinski definition) is 6. The van der Waals surface area contributed by atoms with Crippen LogP contribution >= 0.6 is 0 Å². The molecule has 9 heteroatoms. The second-order valence-corrected chi connectivity index (χ2v) is 7.14. The van der Waals surface area contributed by atoms with Crippen molar-refractivity contribution in [3.8, 4) is 17.1 Å². The first-order chi connectivity index (χ1) is 13.6. The number of nitrogens with two attached hydrogens (primary N) is 1. The summed E-state index contributed by atoms with van der Waals surface area (Å²) in [5.41, 5.74) is 4.17. The van der Waals surface area contributed by atoms with Gasteiger partial charge in [-0.25, -0.2) is 28.5 Å². The van der Waals surface area contributed by atoms with Crippen LogP contribution in [-0.2, 0) is 4.74 Å². The summed E-state index contributed by atoms with van der Waals surface area (Å²) in [6.45, 7) is 8.94. The van der Waals surface area contributed by atoms with Crippen molar-refractivity contribution in [2.45, 2.75) is 39.2 Å². The molecule has 1 atom stereocenters. The zero-order valence-corrected chi connectivity index (χ0v) is 16.6. The van der Waals surface area contributed by atoms with Crippen molar-refractivity contribution in [2.24, 2.45) is 11.7 Å². The standard InChI is InChI=1S/C20H24F2N4O3/c1-5-16-24-9-8-14(25-16)13-6-7-15(17(26-13)18(21)22)28-11-20(4,10-12(2)3)29-19(23)27/h5-9,12,18H,1,10-11H2,2-4H3,(H2,23,27)/t20-/m0/s1. The summed E-state index contributed by atoms with van der Waals surface area (Å²) in [7, 11) is 0. The van der Waals surface area contributed by atoms with Gasteiger partial charge in [0.1, 0.15) is 23.7 Å². The first-order valence-corrected chi connectivity index (χ1v) is 8.99. The molecule has 0 aliphatic rings. The number of carbonyl (C=O) groups is 1. The van der Waals surface area contributed by atoms with Crippen LogP contribution in [-0.4, -0.2) is 33.3 Å². The number of amides is 1. The second kappa shape index (κ2) is 9.40. The fraction of sp³-hybridized carbons (Fsp3) is 0.400. The molecule has 0 aliphatic carbocycles. The number of hydrogen-bond donors (Lipinski definition) is 1. The number of rotatable bonds is 9. The van der Waals surface area contributed by atoms with Crippen molar-refractivity contribution in [1.29, 1.82) is 0 Å². The summed E-state index contributed by atoms with van der Waals surface area (Å²) in [6.07, 6.45) is -0.452. The molecule has 2 rings (SSSR count). The minimum atomic E-state index is -2.88. The van der Waals surface area contributed by atoms with Crippen LogP contribution in [0.1, 0.15) is 45.1 Å². The maximum absolute atomic E-state index is 13.6. The van der Waals surface area contributed by atoms with Gasteiger partial charge >= 0.3 is 6.09 Å². The lowest BCUT2D eigenvalue weighted by Crippen LogP contribution is -2.41. The Kier molecular flexibility index (Phi) is 7.19. The molecule has 2 N–H and O–H groups in total. The lowest BCUT2D eigenvalue weighted by molar-refractivity contribution is -0.0197. The van der Waals surface area contributed by atoms with Gasteiger partial charge < -0.3 is 15.2 Å². The molecule has 0 aliphatic heterocycles. The highest BCUT2D eigenvalue weighted by atomic mass is 19.3. The summed E-state index contributed by atoms with van der Waals surface area (Å²) in [4.78, 5) is 23.4. The van der Waals surface area contributed by atoms with E-state index in [0.29, 0.717) is 17.9 Å². The normalized spacial score (nSPS) is 13.2. The van der Waals surface area contributed by atoms with E-state index in [2.05, 4.69) is 21.5 Å². The quantitative estimate of drug-likeness (QED) is 0.663. The Labute approximate surface area is 168 Å². The van der Waals surface area contributed by atoms with Crippen molar-refractivity contribution < 1.29 is 23.0 Å². The molecular formula is C20H24F2N4O3. The molecule has 0 spiro atoms. The number of ether oxygens (including phenoxy) is 2. The van der Waals surface area contributed by atoms with Gasteiger partial charge in [0.2, 0.25) is 0 Å². The van der Waals surface area contributed by atoms with Crippen LogP contribution in [0.3, 0.4) is 0 Å². The highest BCUT2D eigenvalue weighted by Crippen LogP contribution is 2.31. The molecule has 0 saturated heterocycles. The van der Waals surface area contributed by atoms with Crippen LogP contribution in [0.5, 0.6) is 5.75 Å². The molecule has 0 fully saturated rings. The molecule has 0 unspecified atom stereocenters. The number of pyridine rings is 1. The minimum Gasteiger partial charge on any atom is -0.487 e. The Bertz CT molecular complexity index is 877. The molecule has 29 heavy (non-hydrogen) atoms. The largest absolute Gasteiger partial charge is 0.487 e. The van der Waals surface area contributed by atoms with Crippen LogP contribution in [0.4, 0.5) is 13.6 Å². The fourth-order valence-corrected chi connectivity index (χ4v) is 2.96. The lowest BCUT2D eigenvalue weighted by atomic mass is 9.95. The third-order valence-corrected chi connectivity index (χ3v) is 3.93. The van der Waals surface area contributed by atoms with Crippen LogP contribution < -0.4 is 10.5 Å². The predicted octanol–water partition coefficient (Wildman–Crippen LogP) is 4.40. The molecule has 0 radical (unpaired) electrons. The first-order valence-electron chi connectivity index (χ1n) is 8.99. The Hall–Kier alpha value is -3.10. The maximum atomic E-state index is 13.6. The van der Waals surface area contributed by atoms with E-state index in [9.17, 15) is 13.6 Å². The van der Waals surface area contributed by atoms with E-state index in [-0.39, 0.29) is 24.0 Å². The number of aromatic nitrogens is 3. The van der Waals surface area contributed by atoms with Crippen molar-refractivity contribution >= 4 is 12.2 Å². The summed E-state index contributed by atoms with van der Waals surface area (Å²) in [5.74, 6) is 0.413. The molecule has 2 aromatic heterocycles. The number of primary amides is 1. The van der Waals surface area contributed by atoms with E-state index in [1.807, 2.05) is 13.8 Å². The third kappa shape index (κ3) is 6.20. The molecular weight excluding hydrogens is 382 g/mol. The number of halogens is 2. The Morgan fingerprint density at radius 2 is 1.97 bits per heavy atom. The van der Waals surface area contributed by atoms with E-state index < -0.39 is 23.8 Å². The van der Waals surface area contributed by atoms with Gasteiger partial charge in [-0.2, -0.15) is 0 Å². The van der Waals surface area contributed by atoms with Crippen molar-refractivity contribution in [3.05, 3.63) is 42.5 Å². The van der Waals surface area contributed by atoms with Crippen LogP contribution in [0, 0.1) is 5.92 Å². The molecule has 2 aromatic rings. The SMILES string of the molecule is C=Cc1nccc(-c2ccc(OC[C@](C)(CC(C)C)OC(N)=O)c(C(F)F)n2)n1. The maximum Gasteiger partial charge on any atom is 0.405 e. The topological polar surface area (TPSA) is 100 Å². The van der Waals surface area contributed by atoms with E-state index >= 15 is 0 Å². The van der Waals surface area contributed by atoms with Crippen LogP contribution in [0.2, 0.25) is 0 Å². The minimum absolute atomic E-state index is 0.107. The fourth-order valence-electron chi connectivity index (χ4n) is 2.96. The molecule has 0 bridgehead atoms. The van der Waals surface area contributed by atoms with Gasteiger partial charge in [0.15, 0.2) is 5.82 Å². The number of alkyl halides is 2. The van der Waals surface area contributed by atoms with E-state index in [1.165, 1.54) is 24.4 Å².